The molecule has 0 aliphatic carbocycles. The van der Waals surface area contributed by atoms with E-state index >= 15 is 0 Å². The minimum absolute atomic E-state index is 0.138. The van der Waals surface area contributed by atoms with Crippen LogP contribution in [-0.2, 0) is 24.2 Å². The number of ether oxygens (including phenoxy) is 2. The first-order valence-electron chi connectivity index (χ1n) is 11.7. The summed E-state index contributed by atoms with van der Waals surface area (Å²) in [5, 5.41) is 9.24. The molecule has 2 heterocycles. The van der Waals surface area contributed by atoms with E-state index in [0.717, 1.165) is 46.4 Å². The number of methoxy groups -OCH3 is 1. The SMILES string of the molecule is COc1cc(-c2ccc(C3CCc4ccc(CC(C)C(=O)O)cc4O3)cc2CN(C)C)c(F)cn1. The number of benzene rings is 2. The molecule has 35 heavy (non-hydrogen) atoms. The first kappa shape index (κ1) is 24.7. The largest absolute Gasteiger partial charge is 0.485 e. The van der Waals surface area contributed by atoms with Gasteiger partial charge in [-0.3, -0.25) is 4.79 Å². The van der Waals surface area contributed by atoms with Gasteiger partial charge in [-0.1, -0.05) is 37.3 Å². The van der Waals surface area contributed by atoms with Crippen LogP contribution in [0.2, 0.25) is 0 Å². The fraction of sp³-hybridized carbons (Fsp3) is 0.357. The zero-order valence-corrected chi connectivity index (χ0v) is 20.5. The zero-order chi connectivity index (χ0) is 25.1. The monoisotopic (exact) mass is 478 g/mol. The molecule has 0 bridgehead atoms. The fourth-order valence-corrected chi connectivity index (χ4v) is 4.50. The Morgan fingerprint density at radius 2 is 2.03 bits per heavy atom. The van der Waals surface area contributed by atoms with Crippen molar-refractivity contribution in [3.8, 4) is 22.8 Å². The van der Waals surface area contributed by atoms with E-state index in [4.69, 9.17) is 9.47 Å². The van der Waals surface area contributed by atoms with Gasteiger partial charge in [-0.25, -0.2) is 9.37 Å². The maximum atomic E-state index is 14.7. The van der Waals surface area contributed by atoms with Crippen molar-refractivity contribution < 1.29 is 23.8 Å². The van der Waals surface area contributed by atoms with Crippen molar-refractivity contribution in [1.82, 2.24) is 9.88 Å². The lowest BCUT2D eigenvalue weighted by atomic mass is 9.91. The van der Waals surface area contributed by atoms with Crippen molar-refractivity contribution in [3.05, 3.63) is 76.7 Å². The second-order valence-corrected chi connectivity index (χ2v) is 9.39. The second kappa shape index (κ2) is 10.4. The maximum absolute atomic E-state index is 14.7. The van der Waals surface area contributed by atoms with Gasteiger partial charge in [0.15, 0.2) is 0 Å². The molecule has 0 amide bonds. The van der Waals surface area contributed by atoms with E-state index in [-0.39, 0.29) is 6.10 Å². The van der Waals surface area contributed by atoms with E-state index in [1.807, 2.05) is 49.3 Å². The summed E-state index contributed by atoms with van der Waals surface area (Å²) in [4.78, 5) is 17.3. The number of rotatable bonds is 8. The molecule has 1 aromatic heterocycles. The van der Waals surface area contributed by atoms with Crippen LogP contribution < -0.4 is 9.47 Å². The molecule has 0 radical (unpaired) electrons. The quantitative estimate of drug-likeness (QED) is 0.475. The highest BCUT2D eigenvalue weighted by atomic mass is 19.1. The Labute approximate surface area is 205 Å². The number of carbonyl (C=O) groups is 1. The number of carboxylic acids is 1. The molecular weight excluding hydrogens is 447 g/mol. The van der Waals surface area contributed by atoms with Gasteiger partial charge < -0.3 is 19.5 Å². The average Bonchev–Trinajstić information content (AvgIpc) is 2.83. The standard InChI is InChI=1S/C28H31FN2O4/c1-17(28(32)33)11-18-5-6-19-8-10-25(35-26(19)12-18)20-7-9-22(21(13-20)16-31(2)3)23-14-27(34-4)30-15-24(23)29/h5-7,9,12-15,17,25H,8,10-11,16H2,1-4H3,(H,32,33). The highest BCUT2D eigenvalue weighted by Gasteiger charge is 2.24. The number of pyridine rings is 1. The number of carboxylic acid groups (broad SMARTS) is 1. The Morgan fingerprint density at radius 3 is 2.74 bits per heavy atom. The summed E-state index contributed by atoms with van der Waals surface area (Å²) in [5.74, 6) is -0.496. The van der Waals surface area contributed by atoms with Crippen LogP contribution in [0.25, 0.3) is 11.1 Å². The zero-order valence-electron chi connectivity index (χ0n) is 20.5. The van der Waals surface area contributed by atoms with Gasteiger partial charge in [0.05, 0.1) is 19.2 Å². The maximum Gasteiger partial charge on any atom is 0.306 e. The molecule has 4 rings (SSSR count). The first-order chi connectivity index (χ1) is 16.7. The van der Waals surface area contributed by atoms with Crippen molar-refractivity contribution in [2.75, 3.05) is 21.2 Å². The van der Waals surface area contributed by atoms with E-state index in [2.05, 4.69) is 11.1 Å². The molecule has 1 aliphatic rings. The molecule has 2 unspecified atom stereocenters. The Bertz CT molecular complexity index is 1230. The summed E-state index contributed by atoms with van der Waals surface area (Å²) < 4.78 is 26.3. The third-order valence-corrected chi connectivity index (χ3v) is 6.36. The molecule has 0 saturated heterocycles. The Balaban J connectivity index is 1.64. The Morgan fingerprint density at radius 1 is 1.23 bits per heavy atom. The van der Waals surface area contributed by atoms with Gasteiger partial charge in [0.25, 0.3) is 0 Å². The number of halogens is 1. The van der Waals surface area contributed by atoms with Gasteiger partial charge in [0.2, 0.25) is 5.88 Å². The summed E-state index contributed by atoms with van der Waals surface area (Å²) in [6.07, 6.45) is 3.21. The van der Waals surface area contributed by atoms with E-state index in [0.29, 0.717) is 24.4 Å². The Kier molecular flexibility index (Phi) is 7.36. The molecule has 3 aromatic rings. The number of aromatic nitrogens is 1. The summed E-state index contributed by atoms with van der Waals surface area (Å²) >= 11 is 0. The topological polar surface area (TPSA) is 71.9 Å². The van der Waals surface area contributed by atoms with Crippen LogP contribution in [0.3, 0.4) is 0 Å². The van der Waals surface area contributed by atoms with Gasteiger partial charge in [0, 0.05) is 18.2 Å². The number of nitrogens with zero attached hydrogens (tertiary/aromatic N) is 2. The molecule has 2 atom stereocenters. The van der Waals surface area contributed by atoms with Crippen LogP contribution in [0, 0.1) is 11.7 Å². The highest BCUT2D eigenvalue weighted by Crippen LogP contribution is 2.38. The minimum Gasteiger partial charge on any atom is -0.485 e. The average molecular weight is 479 g/mol. The van der Waals surface area contributed by atoms with Gasteiger partial charge in [-0.2, -0.15) is 0 Å². The molecule has 0 spiro atoms. The molecule has 0 fully saturated rings. The van der Waals surface area contributed by atoms with Crippen molar-refractivity contribution >= 4 is 5.97 Å². The lowest BCUT2D eigenvalue weighted by molar-refractivity contribution is -0.141. The number of fused-ring (bicyclic) bond motifs is 1. The third-order valence-electron chi connectivity index (χ3n) is 6.36. The normalized spacial score (nSPS) is 15.9. The van der Waals surface area contributed by atoms with Gasteiger partial charge in [-0.15, -0.1) is 0 Å². The van der Waals surface area contributed by atoms with Crippen LogP contribution in [-0.4, -0.2) is 42.2 Å². The molecule has 0 saturated carbocycles. The predicted octanol–water partition coefficient (Wildman–Crippen LogP) is 5.29. The van der Waals surface area contributed by atoms with E-state index in [9.17, 15) is 14.3 Å². The lowest BCUT2D eigenvalue weighted by Crippen LogP contribution is -2.17. The number of aryl methyl sites for hydroxylation is 1. The molecule has 2 aromatic carbocycles. The molecular formula is C28H31FN2O4. The van der Waals surface area contributed by atoms with Crippen molar-refractivity contribution in [3.63, 3.8) is 0 Å². The van der Waals surface area contributed by atoms with Crippen LogP contribution in [0.5, 0.6) is 11.6 Å². The van der Waals surface area contributed by atoms with Crippen LogP contribution in [0.1, 0.15) is 41.7 Å². The minimum atomic E-state index is -0.807. The summed E-state index contributed by atoms with van der Waals surface area (Å²) in [5.41, 5.74) is 5.34. The lowest BCUT2D eigenvalue weighted by Gasteiger charge is -2.28. The van der Waals surface area contributed by atoms with Gasteiger partial charge in [0.1, 0.15) is 17.7 Å². The van der Waals surface area contributed by atoms with Crippen LogP contribution in [0.15, 0.2) is 48.7 Å². The molecule has 7 heteroatoms. The summed E-state index contributed by atoms with van der Waals surface area (Å²) in [6, 6.07) is 13.6. The third kappa shape index (κ3) is 5.62. The van der Waals surface area contributed by atoms with E-state index in [1.165, 1.54) is 13.3 Å². The van der Waals surface area contributed by atoms with Crippen LogP contribution in [0.4, 0.5) is 4.39 Å². The van der Waals surface area contributed by atoms with Crippen molar-refractivity contribution in [1.29, 1.82) is 0 Å². The van der Waals surface area contributed by atoms with E-state index in [1.54, 1.807) is 13.0 Å². The van der Waals surface area contributed by atoms with Crippen LogP contribution >= 0.6 is 0 Å². The number of hydrogen-bond acceptors (Lipinski definition) is 5. The van der Waals surface area contributed by atoms with Crippen molar-refractivity contribution in [2.45, 2.75) is 38.8 Å². The number of aliphatic carboxylic acids is 1. The molecule has 184 valence electrons. The Hall–Kier alpha value is -3.45. The summed E-state index contributed by atoms with van der Waals surface area (Å²) in [7, 11) is 5.47. The highest BCUT2D eigenvalue weighted by molar-refractivity contribution is 5.70. The molecule has 1 N–H and O–H groups in total. The first-order valence-corrected chi connectivity index (χ1v) is 11.7. The van der Waals surface area contributed by atoms with E-state index < -0.39 is 17.7 Å². The van der Waals surface area contributed by atoms with Gasteiger partial charge in [-0.05, 0) is 67.2 Å². The predicted molar refractivity (Wildman–Crippen MR) is 132 cm³/mol. The molecule has 6 nitrogen and oxygen atoms in total. The smallest absolute Gasteiger partial charge is 0.306 e. The van der Waals surface area contributed by atoms with Gasteiger partial charge >= 0.3 is 5.97 Å². The number of hydrogen-bond donors (Lipinski definition) is 1. The second-order valence-electron chi connectivity index (χ2n) is 9.39. The molecule has 1 aliphatic heterocycles. The fourth-order valence-electron chi connectivity index (χ4n) is 4.50. The summed E-state index contributed by atoms with van der Waals surface area (Å²) in [6.45, 7) is 2.34. The van der Waals surface area contributed by atoms with Crippen molar-refractivity contribution in [2.24, 2.45) is 5.92 Å².